The monoisotopic (exact) mass is 288 g/mol. The molecule has 3 nitrogen and oxygen atoms in total. The molecule has 0 fully saturated rings. The van der Waals surface area contributed by atoms with E-state index in [4.69, 9.17) is 10.9 Å². The minimum absolute atomic E-state index is 0.266. The van der Waals surface area contributed by atoms with Crippen molar-refractivity contribution in [3.8, 4) is 0 Å². The lowest BCUT2D eigenvalue weighted by atomic mass is 10.3. The second-order valence-electron chi connectivity index (χ2n) is 3.15. The van der Waals surface area contributed by atoms with E-state index in [1.54, 1.807) is 11.8 Å². The molecule has 1 rings (SSSR count). The summed E-state index contributed by atoms with van der Waals surface area (Å²) in [6, 6.07) is 8.00. The van der Waals surface area contributed by atoms with E-state index in [0.29, 0.717) is 6.42 Å². The summed E-state index contributed by atoms with van der Waals surface area (Å²) in [5.41, 5.74) is 5.44. The van der Waals surface area contributed by atoms with Crippen LogP contribution in [0.25, 0.3) is 0 Å². The van der Waals surface area contributed by atoms with Crippen molar-refractivity contribution in [1.82, 2.24) is 0 Å². The van der Waals surface area contributed by atoms with Gasteiger partial charge in [0.25, 0.3) is 0 Å². The first-order valence-corrected chi connectivity index (χ1v) is 6.18. The van der Waals surface area contributed by atoms with Gasteiger partial charge in [-0.25, -0.2) is 0 Å². The maximum Gasteiger partial charge on any atom is 0.140 e. The molecular formula is C10H13BrN2OS. The molecule has 0 saturated carbocycles. The molecule has 1 atom stereocenters. The van der Waals surface area contributed by atoms with Gasteiger partial charge in [-0.1, -0.05) is 24.2 Å². The standard InChI is InChI=1S/C10H13BrN2OS/c1-7(6-10(12)13-14)15-9-5-3-2-4-8(9)11/h2-5,7,14H,6H2,1H3,(H2,12,13). The molecule has 1 aromatic rings. The van der Waals surface area contributed by atoms with E-state index in [0.717, 1.165) is 9.37 Å². The number of halogens is 1. The molecule has 3 N–H and O–H groups in total. The molecule has 0 heterocycles. The molecule has 0 spiro atoms. The summed E-state index contributed by atoms with van der Waals surface area (Å²) >= 11 is 5.17. The number of nitrogens with two attached hydrogens (primary N) is 1. The van der Waals surface area contributed by atoms with Gasteiger partial charge in [-0.15, -0.1) is 11.8 Å². The average molecular weight is 289 g/mol. The van der Waals surface area contributed by atoms with E-state index >= 15 is 0 Å². The Balaban J connectivity index is 2.59. The Hall–Kier alpha value is -0.680. The van der Waals surface area contributed by atoms with Crippen LogP contribution in [0.15, 0.2) is 38.8 Å². The minimum atomic E-state index is 0.266. The first-order chi connectivity index (χ1) is 7.13. The zero-order valence-electron chi connectivity index (χ0n) is 8.35. The number of oxime groups is 1. The Kier molecular flexibility index (Phi) is 4.98. The summed E-state index contributed by atoms with van der Waals surface area (Å²) in [4.78, 5) is 1.16. The number of nitrogens with zero attached hydrogens (tertiary/aromatic N) is 1. The van der Waals surface area contributed by atoms with Crippen molar-refractivity contribution in [3.05, 3.63) is 28.7 Å². The van der Waals surface area contributed by atoms with Crippen molar-refractivity contribution in [1.29, 1.82) is 0 Å². The summed E-state index contributed by atoms with van der Waals surface area (Å²) < 4.78 is 1.07. The molecule has 0 radical (unpaired) electrons. The summed E-state index contributed by atoms with van der Waals surface area (Å²) in [6.07, 6.45) is 0.572. The third-order valence-electron chi connectivity index (χ3n) is 1.79. The Labute approximate surface area is 102 Å². The zero-order chi connectivity index (χ0) is 11.3. The molecule has 0 aliphatic heterocycles. The van der Waals surface area contributed by atoms with Gasteiger partial charge in [-0.2, -0.15) is 0 Å². The fraction of sp³-hybridized carbons (Fsp3) is 0.300. The van der Waals surface area contributed by atoms with E-state index in [1.165, 1.54) is 0 Å². The van der Waals surface area contributed by atoms with E-state index in [2.05, 4.69) is 21.1 Å². The predicted molar refractivity (Wildman–Crippen MR) is 67.5 cm³/mol. The highest BCUT2D eigenvalue weighted by Gasteiger charge is 2.08. The lowest BCUT2D eigenvalue weighted by Crippen LogP contribution is -2.16. The van der Waals surface area contributed by atoms with Gasteiger partial charge < -0.3 is 10.9 Å². The van der Waals surface area contributed by atoms with Crippen LogP contribution >= 0.6 is 27.7 Å². The van der Waals surface area contributed by atoms with Crippen LogP contribution in [0.2, 0.25) is 0 Å². The number of hydrogen-bond acceptors (Lipinski definition) is 3. The lowest BCUT2D eigenvalue weighted by Gasteiger charge is -2.10. The second-order valence-corrected chi connectivity index (χ2v) is 5.49. The highest BCUT2D eigenvalue weighted by Crippen LogP contribution is 2.31. The Morgan fingerprint density at radius 2 is 2.27 bits per heavy atom. The molecule has 0 amide bonds. The lowest BCUT2D eigenvalue weighted by molar-refractivity contribution is 0.317. The number of thioether (sulfide) groups is 1. The summed E-state index contributed by atoms with van der Waals surface area (Å²) in [7, 11) is 0. The van der Waals surface area contributed by atoms with Crippen molar-refractivity contribution in [3.63, 3.8) is 0 Å². The number of hydrogen-bond donors (Lipinski definition) is 2. The van der Waals surface area contributed by atoms with Crippen molar-refractivity contribution in [2.45, 2.75) is 23.5 Å². The van der Waals surface area contributed by atoms with E-state index in [1.807, 2.05) is 31.2 Å². The maximum absolute atomic E-state index is 8.45. The molecule has 82 valence electrons. The highest BCUT2D eigenvalue weighted by atomic mass is 79.9. The smallest absolute Gasteiger partial charge is 0.140 e. The normalized spacial score (nSPS) is 13.9. The third kappa shape index (κ3) is 4.13. The van der Waals surface area contributed by atoms with Gasteiger partial charge in [0, 0.05) is 21.0 Å². The van der Waals surface area contributed by atoms with Gasteiger partial charge in [0.05, 0.1) is 0 Å². The van der Waals surface area contributed by atoms with Crippen LogP contribution in [0, 0.1) is 0 Å². The van der Waals surface area contributed by atoms with E-state index < -0.39 is 0 Å². The fourth-order valence-corrected chi connectivity index (χ4v) is 2.72. The van der Waals surface area contributed by atoms with E-state index in [9.17, 15) is 0 Å². The molecule has 0 bridgehead atoms. The topological polar surface area (TPSA) is 58.6 Å². The number of benzene rings is 1. The van der Waals surface area contributed by atoms with Gasteiger partial charge in [0.1, 0.15) is 5.84 Å². The minimum Gasteiger partial charge on any atom is -0.409 e. The second kappa shape index (κ2) is 6.02. The maximum atomic E-state index is 8.45. The molecule has 0 aromatic heterocycles. The molecular weight excluding hydrogens is 276 g/mol. The Morgan fingerprint density at radius 3 is 2.87 bits per heavy atom. The van der Waals surface area contributed by atoms with Gasteiger partial charge in [0.15, 0.2) is 0 Å². The van der Waals surface area contributed by atoms with Gasteiger partial charge in [-0.3, -0.25) is 0 Å². The van der Waals surface area contributed by atoms with Crippen LogP contribution in [-0.4, -0.2) is 16.3 Å². The molecule has 0 aliphatic carbocycles. The van der Waals surface area contributed by atoms with Crippen LogP contribution in [0.1, 0.15) is 13.3 Å². The first kappa shape index (κ1) is 12.4. The van der Waals surface area contributed by atoms with Gasteiger partial charge in [0.2, 0.25) is 0 Å². The number of rotatable bonds is 4. The van der Waals surface area contributed by atoms with Crippen LogP contribution in [0.5, 0.6) is 0 Å². The largest absolute Gasteiger partial charge is 0.409 e. The van der Waals surface area contributed by atoms with Gasteiger partial charge in [-0.05, 0) is 28.1 Å². The van der Waals surface area contributed by atoms with Crippen molar-refractivity contribution in [2.75, 3.05) is 0 Å². The molecule has 1 unspecified atom stereocenters. The molecule has 5 heteroatoms. The molecule has 15 heavy (non-hydrogen) atoms. The number of amidine groups is 1. The predicted octanol–water partition coefficient (Wildman–Crippen LogP) is 3.07. The summed E-state index contributed by atoms with van der Waals surface area (Å²) in [6.45, 7) is 2.04. The van der Waals surface area contributed by atoms with Crippen molar-refractivity contribution in [2.24, 2.45) is 10.9 Å². The average Bonchev–Trinajstić information content (AvgIpc) is 2.21. The van der Waals surface area contributed by atoms with Gasteiger partial charge >= 0.3 is 0 Å². The fourth-order valence-electron chi connectivity index (χ4n) is 1.13. The van der Waals surface area contributed by atoms with Crippen LogP contribution in [0.3, 0.4) is 0 Å². The van der Waals surface area contributed by atoms with E-state index in [-0.39, 0.29) is 11.1 Å². The Bertz CT molecular complexity index is 357. The van der Waals surface area contributed by atoms with Crippen LogP contribution in [-0.2, 0) is 0 Å². The van der Waals surface area contributed by atoms with Crippen molar-refractivity contribution >= 4 is 33.5 Å². The third-order valence-corrected chi connectivity index (χ3v) is 3.92. The van der Waals surface area contributed by atoms with Crippen LogP contribution in [0.4, 0.5) is 0 Å². The SMILES string of the molecule is CC(CC(N)=NO)Sc1ccccc1Br. The summed E-state index contributed by atoms with van der Waals surface area (Å²) in [5.74, 6) is 0.266. The molecule has 0 saturated heterocycles. The first-order valence-electron chi connectivity index (χ1n) is 4.51. The van der Waals surface area contributed by atoms with Crippen LogP contribution < -0.4 is 5.73 Å². The quantitative estimate of drug-likeness (QED) is 0.294. The van der Waals surface area contributed by atoms with Crippen molar-refractivity contribution < 1.29 is 5.21 Å². The molecule has 0 aliphatic rings. The Morgan fingerprint density at radius 1 is 1.60 bits per heavy atom. The molecule has 1 aromatic carbocycles. The summed E-state index contributed by atoms with van der Waals surface area (Å²) in [5, 5.41) is 11.7. The highest BCUT2D eigenvalue weighted by molar-refractivity contribution is 9.10. The zero-order valence-corrected chi connectivity index (χ0v) is 10.8.